The van der Waals surface area contributed by atoms with Crippen LogP contribution in [0.5, 0.6) is 5.75 Å². The van der Waals surface area contributed by atoms with Crippen LogP contribution >= 0.6 is 0 Å². The first-order valence-electron chi connectivity index (χ1n) is 15.5. The molecule has 1 unspecified atom stereocenters. The number of hydrogen-bond acceptors (Lipinski definition) is 3. The van der Waals surface area contributed by atoms with Gasteiger partial charge in [0.05, 0.1) is 13.0 Å². The van der Waals surface area contributed by atoms with Crippen molar-refractivity contribution in [2.75, 3.05) is 20.2 Å². The topological polar surface area (TPSA) is 66.8 Å². The average molecular weight is 568 g/mol. The van der Waals surface area contributed by atoms with Crippen molar-refractivity contribution in [2.24, 2.45) is 5.41 Å². The summed E-state index contributed by atoms with van der Waals surface area (Å²) in [6, 6.07) is 17.7. The lowest BCUT2D eigenvalue weighted by molar-refractivity contribution is -0.137. The van der Waals surface area contributed by atoms with Crippen LogP contribution in [0.3, 0.4) is 0 Å². The van der Waals surface area contributed by atoms with Gasteiger partial charge in [0.2, 0.25) is 5.91 Å². The Labute approximate surface area is 250 Å². The number of benzene rings is 3. The molecule has 0 radical (unpaired) electrons. The van der Waals surface area contributed by atoms with E-state index in [2.05, 4.69) is 69.3 Å². The summed E-state index contributed by atoms with van der Waals surface area (Å²) in [5.41, 5.74) is 11.8. The third-order valence-electron chi connectivity index (χ3n) is 9.67. The number of amides is 1. The molecule has 5 heteroatoms. The maximum absolute atomic E-state index is 11.8. The summed E-state index contributed by atoms with van der Waals surface area (Å²) < 4.78 is 6.07. The summed E-state index contributed by atoms with van der Waals surface area (Å²) in [6.45, 7) is 9.72. The number of carbonyl (C=O) groups excluding carboxylic acids is 1. The molecule has 2 aliphatic rings. The normalized spacial score (nSPS) is 16.4. The molecule has 3 aromatic carbocycles. The van der Waals surface area contributed by atoms with E-state index in [-0.39, 0.29) is 23.7 Å². The fourth-order valence-corrected chi connectivity index (χ4v) is 7.15. The lowest BCUT2D eigenvalue weighted by Gasteiger charge is -2.19. The second kappa shape index (κ2) is 12.3. The molecule has 222 valence electrons. The Morgan fingerprint density at radius 3 is 2.43 bits per heavy atom. The van der Waals surface area contributed by atoms with Crippen molar-refractivity contribution in [3.8, 4) is 16.9 Å². The Morgan fingerprint density at radius 1 is 1.02 bits per heavy atom. The molecular weight excluding hydrogens is 522 g/mol. The van der Waals surface area contributed by atoms with E-state index in [1.54, 1.807) is 4.90 Å². The molecule has 5 nitrogen and oxygen atoms in total. The van der Waals surface area contributed by atoms with Gasteiger partial charge in [0.25, 0.3) is 0 Å². The number of ether oxygens (including phenoxy) is 1. The minimum atomic E-state index is -0.684. The first-order chi connectivity index (χ1) is 20.1. The highest BCUT2D eigenvalue weighted by Crippen LogP contribution is 2.64. The quantitative estimate of drug-likeness (QED) is 0.229. The van der Waals surface area contributed by atoms with Crippen LogP contribution in [0, 0.1) is 26.2 Å². The van der Waals surface area contributed by atoms with Gasteiger partial charge in [-0.15, -0.1) is 0 Å². The molecule has 1 amide bonds. The van der Waals surface area contributed by atoms with Gasteiger partial charge in [-0.1, -0.05) is 43.3 Å². The molecule has 1 saturated carbocycles. The molecule has 1 N–H and O–H groups in total. The van der Waals surface area contributed by atoms with Crippen molar-refractivity contribution in [1.29, 1.82) is 0 Å². The SMILES string of the molecule is CCC(=O)N(C)CCCOc1cc(C)c(-c2cccc(CCc3ccc4c(c3)CC3(CC3)C4CC(=O)O)c2C)c(C)c1. The Hall–Kier alpha value is -3.60. The number of hydrogen-bond donors (Lipinski definition) is 1. The Kier molecular flexibility index (Phi) is 8.77. The highest BCUT2D eigenvalue weighted by Gasteiger charge is 2.54. The zero-order chi connectivity index (χ0) is 30.0. The summed E-state index contributed by atoms with van der Waals surface area (Å²) in [6.07, 6.45) is 6.88. The minimum absolute atomic E-state index is 0.161. The van der Waals surface area contributed by atoms with Crippen LogP contribution < -0.4 is 4.74 Å². The Morgan fingerprint density at radius 2 is 1.76 bits per heavy atom. The van der Waals surface area contributed by atoms with Gasteiger partial charge in [-0.2, -0.15) is 0 Å². The molecular formula is C37H45NO4. The van der Waals surface area contributed by atoms with E-state index < -0.39 is 5.97 Å². The maximum atomic E-state index is 11.8. The van der Waals surface area contributed by atoms with Crippen molar-refractivity contribution in [3.05, 3.63) is 87.5 Å². The zero-order valence-electron chi connectivity index (χ0n) is 25.9. The summed E-state index contributed by atoms with van der Waals surface area (Å²) in [7, 11) is 1.85. The molecule has 42 heavy (non-hydrogen) atoms. The standard InChI is InChI=1S/C37H45NO4/c1-6-34(39)38(5)17-8-18-42-30-19-24(2)36(25(3)20-30)31-10-7-9-28(26(31)4)13-11-27-12-14-32-29(21-27)23-37(15-16-37)33(32)22-35(40)41/h7,9-10,12,14,19-21,33H,6,8,11,13,15-18,22-23H2,1-5H3,(H,40,41). The zero-order valence-corrected chi connectivity index (χ0v) is 25.9. The minimum Gasteiger partial charge on any atom is -0.494 e. The molecule has 5 rings (SSSR count). The number of rotatable bonds is 12. The van der Waals surface area contributed by atoms with Gasteiger partial charge in [0.1, 0.15) is 5.75 Å². The number of carboxylic acids is 1. The van der Waals surface area contributed by atoms with Gasteiger partial charge in [-0.25, -0.2) is 0 Å². The number of aryl methyl sites for hydroxylation is 4. The summed E-state index contributed by atoms with van der Waals surface area (Å²) in [5, 5.41) is 9.47. The fourth-order valence-electron chi connectivity index (χ4n) is 7.15. The maximum Gasteiger partial charge on any atom is 0.303 e. The third kappa shape index (κ3) is 6.25. The Bertz CT molecular complexity index is 1460. The first kappa shape index (κ1) is 29.9. The number of fused-ring (bicyclic) bond motifs is 1. The Balaban J connectivity index is 1.25. The number of aliphatic carboxylic acids is 1. The largest absolute Gasteiger partial charge is 0.494 e. The van der Waals surface area contributed by atoms with E-state index in [1.165, 1.54) is 50.1 Å². The first-order valence-corrected chi connectivity index (χ1v) is 15.5. The number of carboxylic acid groups (broad SMARTS) is 1. The van der Waals surface area contributed by atoms with Gasteiger partial charge in [-0.3, -0.25) is 9.59 Å². The van der Waals surface area contributed by atoms with E-state index in [0.717, 1.165) is 44.3 Å². The van der Waals surface area contributed by atoms with Crippen LogP contribution in [0.15, 0.2) is 48.5 Å². The summed E-state index contributed by atoms with van der Waals surface area (Å²) in [5.74, 6) is 0.533. The summed E-state index contributed by atoms with van der Waals surface area (Å²) in [4.78, 5) is 25.1. The predicted molar refractivity (Wildman–Crippen MR) is 168 cm³/mol. The number of nitrogens with zero attached hydrogens (tertiary/aromatic N) is 1. The van der Waals surface area contributed by atoms with E-state index >= 15 is 0 Å². The monoisotopic (exact) mass is 567 g/mol. The van der Waals surface area contributed by atoms with E-state index in [1.807, 2.05) is 14.0 Å². The lowest BCUT2D eigenvalue weighted by Crippen LogP contribution is -2.27. The highest BCUT2D eigenvalue weighted by molar-refractivity contribution is 5.76. The van der Waals surface area contributed by atoms with Crippen LogP contribution in [-0.2, 0) is 28.9 Å². The van der Waals surface area contributed by atoms with Gasteiger partial charge < -0.3 is 14.7 Å². The molecule has 1 spiro atoms. The van der Waals surface area contributed by atoms with Crippen molar-refractivity contribution < 1.29 is 19.4 Å². The van der Waals surface area contributed by atoms with Crippen LogP contribution in [0.1, 0.15) is 83.9 Å². The van der Waals surface area contributed by atoms with Crippen LogP contribution in [0.25, 0.3) is 11.1 Å². The molecule has 3 aromatic rings. The van der Waals surface area contributed by atoms with E-state index in [0.29, 0.717) is 19.6 Å². The average Bonchev–Trinajstić information content (AvgIpc) is 3.67. The van der Waals surface area contributed by atoms with E-state index in [9.17, 15) is 14.7 Å². The lowest BCUT2D eigenvalue weighted by atomic mass is 9.86. The van der Waals surface area contributed by atoms with Gasteiger partial charge in [0.15, 0.2) is 0 Å². The highest BCUT2D eigenvalue weighted by atomic mass is 16.5. The smallest absolute Gasteiger partial charge is 0.303 e. The molecule has 0 aromatic heterocycles. The molecule has 2 aliphatic carbocycles. The second-order valence-corrected chi connectivity index (χ2v) is 12.6. The molecule has 0 bridgehead atoms. The van der Waals surface area contributed by atoms with Crippen LogP contribution in [0.4, 0.5) is 0 Å². The molecule has 0 aliphatic heterocycles. The van der Waals surface area contributed by atoms with Crippen molar-refractivity contribution in [3.63, 3.8) is 0 Å². The predicted octanol–water partition coefficient (Wildman–Crippen LogP) is 7.60. The number of carbonyl (C=O) groups is 2. The van der Waals surface area contributed by atoms with Gasteiger partial charge in [0, 0.05) is 25.9 Å². The van der Waals surface area contributed by atoms with Crippen LogP contribution in [0.2, 0.25) is 0 Å². The van der Waals surface area contributed by atoms with E-state index in [4.69, 9.17) is 4.74 Å². The summed E-state index contributed by atoms with van der Waals surface area (Å²) >= 11 is 0. The van der Waals surface area contributed by atoms with Crippen molar-refractivity contribution >= 4 is 11.9 Å². The van der Waals surface area contributed by atoms with Crippen LogP contribution in [-0.4, -0.2) is 42.1 Å². The van der Waals surface area contributed by atoms with Crippen molar-refractivity contribution in [1.82, 2.24) is 4.90 Å². The molecule has 1 fully saturated rings. The van der Waals surface area contributed by atoms with Gasteiger partial charge in [-0.05, 0) is 127 Å². The third-order valence-corrected chi connectivity index (χ3v) is 9.67. The van der Waals surface area contributed by atoms with Gasteiger partial charge >= 0.3 is 5.97 Å². The van der Waals surface area contributed by atoms with Crippen molar-refractivity contribution in [2.45, 2.75) is 85.0 Å². The fraction of sp³-hybridized carbons (Fsp3) is 0.459. The molecule has 0 saturated heterocycles. The molecule has 0 heterocycles. The molecule has 1 atom stereocenters. The second-order valence-electron chi connectivity index (χ2n) is 12.6.